The molecule has 0 radical (unpaired) electrons. The molecule has 112 valence electrons. The lowest BCUT2D eigenvalue weighted by atomic mass is 10.1. The van der Waals surface area contributed by atoms with E-state index in [4.69, 9.17) is 4.74 Å². The Hall–Kier alpha value is -1.62. The largest absolute Gasteiger partial charge is 0.483 e. The number of amides is 1. The van der Waals surface area contributed by atoms with Crippen LogP contribution in [0, 0.1) is 11.7 Å². The number of hydrogen-bond donors (Lipinski definition) is 2. The van der Waals surface area contributed by atoms with E-state index in [-0.39, 0.29) is 18.6 Å². The van der Waals surface area contributed by atoms with E-state index >= 15 is 0 Å². The summed E-state index contributed by atoms with van der Waals surface area (Å²) in [6, 6.07) is 3.90. The van der Waals surface area contributed by atoms with Crippen LogP contribution in [0.2, 0.25) is 0 Å². The fourth-order valence-electron chi connectivity index (χ4n) is 1.58. The van der Waals surface area contributed by atoms with E-state index < -0.39 is 11.9 Å². The van der Waals surface area contributed by atoms with E-state index in [0.717, 1.165) is 0 Å². The van der Waals surface area contributed by atoms with Gasteiger partial charge in [-0.1, -0.05) is 13.8 Å². The molecule has 2 N–H and O–H groups in total. The summed E-state index contributed by atoms with van der Waals surface area (Å²) in [5, 5.41) is 12.4. The van der Waals surface area contributed by atoms with Gasteiger partial charge >= 0.3 is 0 Å². The molecule has 5 heteroatoms. The van der Waals surface area contributed by atoms with Gasteiger partial charge in [-0.05, 0) is 38.0 Å². The molecule has 1 unspecified atom stereocenters. The van der Waals surface area contributed by atoms with Crippen molar-refractivity contribution in [3.63, 3.8) is 0 Å². The Morgan fingerprint density at radius 3 is 2.55 bits per heavy atom. The van der Waals surface area contributed by atoms with Crippen LogP contribution in [0.1, 0.15) is 39.4 Å². The predicted molar refractivity (Wildman–Crippen MR) is 75.0 cm³/mol. The van der Waals surface area contributed by atoms with Gasteiger partial charge in [0.25, 0.3) is 5.91 Å². The number of rotatable bonds is 6. The number of halogens is 1. The van der Waals surface area contributed by atoms with Crippen LogP contribution >= 0.6 is 0 Å². The van der Waals surface area contributed by atoms with Gasteiger partial charge in [-0.15, -0.1) is 0 Å². The molecule has 0 aliphatic carbocycles. The number of carbonyl (C=O) groups excluding carboxylic acids is 1. The molecule has 1 aromatic carbocycles. The van der Waals surface area contributed by atoms with Gasteiger partial charge in [-0.2, -0.15) is 0 Å². The molecule has 0 bridgehead atoms. The third-order valence-corrected chi connectivity index (χ3v) is 3.17. The summed E-state index contributed by atoms with van der Waals surface area (Å²) >= 11 is 0. The van der Waals surface area contributed by atoms with Crippen LogP contribution in [-0.2, 0) is 4.79 Å². The number of hydrogen-bond acceptors (Lipinski definition) is 3. The summed E-state index contributed by atoms with van der Waals surface area (Å²) in [7, 11) is 0. The molecular formula is C15H22FNO3. The molecule has 0 aliphatic heterocycles. The van der Waals surface area contributed by atoms with E-state index in [2.05, 4.69) is 5.32 Å². The first-order chi connectivity index (χ1) is 9.31. The highest BCUT2D eigenvalue weighted by Crippen LogP contribution is 2.25. The molecule has 0 spiro atoms. The Morgan fingerprint density at radius 1 is 1.35 bits per heavy atom. The number of carbonyl (C=O) groups is 1. The number of ether oxygens (including phenoxy) is 1. The zero-order valence-corrected chi connectivity index (χ0v) is 12.3. The lowest BCUT2D eigenvalue weighted by Gasteiger charge is -2.18. The van der Waals surface area contributed by atoms with Crippen LogP contribution in [0.4, 0.5) is 4.39 Å². The van der Waals surface area contributed by atoms with Gasteiger partial charge in [0.15, 0.2) is 6.61 Å². The molecule has 0 aromatic heterocycles. The van der Waals surface area contributed by atoms with E-state index in [9.17, 15) is 14.3 Å². The first-order valence-corrected chi connectivity index (χ1v) is 6.71. The SMILES string of the molecule is CC(C)C(C)NC(=O)COc1ccc(F)cc1[C@H](C)O. The van der Waals surface area contributed by atoms with Crippen LogP contribution < -0.4 is 10.1 Å². The predicted octanol–water partition coefficient (Wildman–Crippen LogP) is 2.42. The van der Waals surface area contributed by atoms with Crippen molar-refractivity contribution in [2.75, 3.05) is 6.61 Å². The van der Waals surface area contributed by atoms with Gasteiger partial charge in [0.05, 0.1) is 6.10 Å². The van der Waals surface area contributed by atoms with Gasteiger partial charge in [-0.25, -0.2) is 4.39 Å². The Kier molecular flexibility index (Phi) is 5.95. The Bertz CT molecular complexity index is 460. The minimum absolute atomic E-state index is 0.0514. The maximum Gasteiger partial charge on any atom is 0.258 e. The Balaban J connectivity index is 2.64. The molecule has 0 heterocycles. The van der Waals surface area contributed by atoms with Crippen LogP contribution in [-0.4, -0.2) is 23.7 Å². The highest BCUT2D eigenvalue weighted by Gasteiger charge is 2.14. The minimum atomic E-state index is -0.863. The molecule has 1 rings (SSSR count). The van der Waals surface area contributed by atoms with E-state index in [0.29, 0.717) is 17.2 Å². The summed E-state index contributed by atoms with van der Waals surface area (Å²) in [6.45, 7) is 7.29. The summed E-state index contributed by atoms with van der Waals surface area (Å²) in [5.74, 6) is -0.0512. The van der Waals surface area contributed by atoms with Crippen LogP contribution in [0.3, 0.4) is 0 Å². The first kappa shape index (κ1) is 16.4. The molecule has 0 saturated heterocycles. The second kappa shape index (κ2) is 7.24. The topological polar surface area (TPSA) is 58.6 Å². The quantitative estimate of drug-likeness (QED) is 0.843. The lowest BCUT2D eigenvalue weighted by molar-refractivity contribution is -0.124. The fourth-order valence-corrected chi connectivity index (χ4v) is 1.58. The zero-order valence-electron chi connectivity index (χ0n) is 12.3. The van der Waals surface area contributed by atoms with Crippen molar-refractivity contribution < 1.29 is 19.0 Å². The van der Waals surface area contributed by atoms with Gasteiger partial charge < -0.3 is 15.2 Å². The summed E-state index contributed by atoms with van der Waals surface area (Å²) in [4.78, 5) is 11.7. The van der Waals surface area contributed by atoms with Crippen LogP contribution in [0.25, 0.3) is 0 Å². The summed E-state index contributed by atoms with van der Waals surface area (Å²) in [5.41, 5.74) is 0.328. The molecule has 0 aliphatic rings. The second-order valence-corrected chi connectivity index (χ2v) is 5.25. The Labute approximate surface area is 119 Å². The van der Waals surface area contributed by atoms with Crippen molar-refractivity contribution in [3.05, 3.63) is 29.6 Å². The highest BCUT2D eigenvalue weighted by molar-refractivity contribution is 5.77. The first-order valence-electron chi connectivity index (χ1n) is 6.71. The van der Waals surface area contributed by atoms with Crippen molar-refractivity contribution in [2.45, 2.75) is 39.8 Å². The second-order valence-electron chi connectivity index (χ2n) is 5.25. The molecule has 1 aromatic rings. The normalized spacial score (nSPS) is 13.9. The monoisotopic (exact) mass is 283 g/mol. The van der Waals surface area contributed by atoms with E-state index in [1.165, 1.54) is 25.1 Å². The number of benzene rings is 1. The maximum atomic E-state index is 13.1. The summed E-state index contributed by atoms with van der Waals surface area (Å²) < 4.78 is 18.5. The minimum Gasteiger partial charge on any atom is -0.483 e. The lowest BCUT2D eigenvalue weighted by Crippen LogP contribution is -2.39. The third kappa shape index (κ3) is 4.81. The van der Waals surface area contributed by atoms with Crippen molar-refractivity contribution in [2.24, 2.45) is 5.92 Å². The standard InChI is InChI=1S/C15H22FNO3/c1-9(2)10(3)17-15(19)8-20-14-6-5-12(16)7-13(14)11(4)18/h5-7,9-11,18H,8H2,1-4H3,(H,17,19)/t10?,11-/m0/s1. The third-order valence-electron chi connectivity index (χ3n) is 3.17. The molecule has 1 amide bonds. The van der Waals surface area contributed by atoms with E-state index in [1.54, 1.807) is 0 Å². The van der Waals surface area contributed by atoms with Gasteiger partial charge in [0.1, 0.15) is 11.6 Å². The number of aliphatic hydroxyl groups is 1. The van der Waals surface area contributed by atoms with Gasteiger partial charge in [0, 0.05) is 11.6 Å². The van der Waals surface area contributed by atoms with Crippen molar-refractivity contribution in [1.29, 1.82) is 0 Å². The molecular weight excluding hydrogens is 261 g/mol. The van der Waals surface area contributed by atoms with E-state index in [1.807, 2.05) is 20.8 Å². The number of aliphatic hydroxyl groups excluding tert-OH is 1. The van der Waals surface area contributed by atoms with Gasteiger partial charge in [0.2, 0.25) is 0 Å². The van der Waals surface area contributed by atoms with Gasteiger partial charge in [-0.3, -0.25) is 4.79 Å². The average Bonchev–Trinajstić information content (AvgIpc) is 2.36. The molecule has 0 saturated carbocycles. The highest BCUT2D eigenvalue weighted by atomic mass is 19.1. The van der Waals surface area contributed by atoms with Crippen molar-refractivity contribution in [3.8, 4) is 5.75 Å². The Morgan fingerprint density at radius 2 is 2.00 bits per heavy atom. The van der Waals surface area contributed by atoms with Crippen molar-refractivity contribution >= 4 is 5.91 Å². The smallest absolute Gasteiger partial charge is 0.258 e. The number of nitrogens with one attached hydrogen (secondary N) is 1. The zero-order chi connectivity index (χ0) is 15.3. The van der Waals surface area contributed by atoms with Crippen LogP contribution in [0.15, 0.2) is 18.2 Å². The molecule has 2 atom stereocenters. The molecule has 20 heavy (non-hydrogen) atoms. The maximum absolute atomic E-state index is 13.1. The fraction of sp³-hybridized carbons (Fsp3) is 0.533. The molecule has 0 fully saturated rings. The summed E-state index contributed by atoms with van der Waals surface area (Å²) in [6.07, 6.45) is -0.863. The van der Waals surface area contributed by atoms with Crippen molar-refractivity contribution in [1.82, 2.24) is 5.32 Å². The molecule has 4 nitrogen and oxygen atoms in total. The van der Waals surface area contributed by atoms with Crippen LogP contribution in [0.5, 0.6) is 5.75 Å². The average molecular weight is 283 g/mol.